The lowest BCUT2D eigenvalue weighted by atomic mass is 9.87. The number of H-pyrrole nitrogens is 2. The monoisotopic (exact) mass is 296 g/mol. The van der Waals surface area contributed by atoms with E-state index in [1.54, 1.807) is 13.1 Å². The Morgan fingerprint density at radius 1 is 1.27 bits per heavy atom. The quantitative estimate of drug-likeness (QED) is 0.680. The number of amides is 1. The molecule has 6 nitrogen and oxygen atoms in total. The summed E-state index contributed by atoms with van der Waals surface area (Å²) in [5.74, 6) is -0.885. The van der Waals surface area contributed by atoms with Crippen LogP contribution in [0.3, 0.4) is 0 Å². The molecule has 0 saturated heterocycles. The van der Waals surface area contributed by atoms with E-state index in [0.717, 1.165) is 16.5 Å². The number of aromatic amines is 2. The number of fused-ring (bicyclic) bond motifs is 1. The van der Waals surface area contributed by atoms with Gasteiger partial charge in [0.15, 0.2) is 0 Å². The standard InChI is InChI=1S/C16H16N4O2/c1-9-14(16(22)20-19-9)12(8-13(17)21)11-6-2-4-10-5-3-7-18-15(10)11/h2-7,12H,8H2,1H3,(H2,17,21)(H2,19,20,22)/t12-/m0/s1. The molecule has 0 fully saturated rings. The van der Waals surface area contributed by atoms with E-state index in [4.69, 9.17) is 5.73 Å². The van der Waals surface area contributed by atoms with Crippen LogP contribution in [0.1, 0.15) is 29.2 Å². The number of benzene rings is 1. The van der Waals surface area contributed by atoms with Gasteiger partial charge in [-0.2, -0.15) is 0 Å². The zero-order valence-corrected chi connectivity index (χ0v) is 12.1. The number of rotatable bonds is 4. The molecule has 0 saturated carbocycles. The first-order valence-electron chi connectivity index (χ1n) is 6.97. The van der Waals surface area contributed by atoms with Gasteiger partial charge in [0.2, 0.25) is 5.91 Å². The number of aromatic nitrogens is 3. The van der Waals surface area contributed by atoms with E-state index < -0.39 is 11.8 Å². The number of nitrogens with two attached hydrogens (primary N) is 1. The normalized spacial score (nSPS) is 12.4. The number of carbonyl (C=O) groups is 1. The highest BCUT2D eigenvalue weighted by Gasteiger charge is 2.25. The summed E-state index contributed by atoms with van der Waals surface area (Å²) < 4.78 is 0. The minimum absolute atomic E-state index is 0.0530. The molecule has 0 aliphatic rings. The predicted octanol–water partition coefficient (Wildman–Crippen LogP) is 1.57. The molecule has 0 spiro atoms. The first kappa shape index (κ1) is 14.1. The van der Waals surface area contributed by atoms with Crippen LogP contribution in [0.25, 0.3) is 10.9 Å². The number of hydrogen-bond donors (Lipinski definition) is 3. The van der Waals surface area contributed by atoms with Crippen molar-refractivity contribution in [3.05, 3.63) is 63.7 Å². The van der Waals surface area contributed by atoms with Gasteiger partial charge in [-0.15, -0.1) is 0 Å². The van der Waals surface area contributed by atoms with Gasteiger partial charge in [0.05, 0.1) is 5.52 Å². The first-order chi connectivity index (χ1) is 10.6. The number of para-hydroxylation sites is 1. The second-order valence-electron chi connectivity index (χ2n) is 5.26. The van der Waals surface area contributed by atoms with Crippen molar-refractivity contribution in [2.45, 2.75) is 19.3 Å². The number of pyridine rings is 1. The van der Waals surface area contributed by atoms with Crippen molar-refractivity contribution in [3.63, 3.8) is 0 Å². The zero-order valence-electron chi connectivity index (χ0n) is 12.1. The van der Waals surface area contributed by atoms with Gasteiger partial charge in [0, 0.05) is 35.2 Å². The minimum Gasteiger partial charge on any atom is -0.370 e. The van der Waals surface area contributed by atoms with Crippen LogP contribution in [0.2, 0.25) is 0 Å². The molecule has 4 N–H and O–H groups in total. The second kappa shape index (κ2) is 5.48. The Morgan fingerprint density at radius 3 is 2.73 bits per heavy atom. The van der Waals surface area contributed by atoms with Crippen LogP contribution in [0.5, 0.6) is 0 Å². The summed E-state index contributed by atoms with van der Waals surface area (Å²) in [5, 5.41) is 6.31. The van der Waals surface area contributed by atoms with Crippen molar-refractivity contribution in [1.82, 2.24) is 15.2 Å². The van der Waals surface area contributed by atoms with Crippen molar-refractivity contribution in [1.29, 1.82) is 0 Å². The highest BCUT2D eigenvalue weighted by molar-refractivity contribution is 5.84. The van der Waals surface area contributed by atoms with Crippen molar-refractivity contribution >= 4 is 16.8 Å². The third-order valence-corrected chi connectivity index (χ3v) is 3.81. The van der Waals surface area contributed by atoms with Crippen LogP contribution in [0, 0.1) is 6.92 Å². The molecule has 3 rings (SSSR count). The van der Waals surface area contributed by atoms with E-state index in [9.17, 15) is 9.59 Å². The van der Waals surface area contributed by atoms with Gasteiger partial charge >= 0.3 is 0 Å². The molecule has 0 aliphatic carbocycles. The van der Waals surface area contributed by atoms with Crippen LogP contribution in [-0.2, 0) is 4.79 Å². The number of nitrogens with one attached hydrogen (secondary N) is 2. The highest BCUT2D eigenvalue weighted by Crippen LogP contribution is 2.31. The molecule has 1 atom stereocenters. The fourth-order valence-corrected chi connectivity index (χ4v) is 2.85. The maximum Gasteiger partial charge on any atom is 0.267 e. The molecule has 0 bridgehead atoms. The highest BCUT2D eigenvalue weighted by atomic mass is 16.1. The van der Waals surface area contributed by atoms with Crippen molar-refractivity contribution in [2.75, 3.05) is 0 Å². The van der Waals surface area contributed by atoms with E-state index in [1.807, 2.05) is 30.3 Å². The molecule has 1 aromatic carbocycles. The summed E-state index contributed by atoms with van der Waals surface area (Å²) in [4.78, 5) is 28.0. The predicted molar refractivity (Wildman–Crippen MR) is 83.5 cm³/mol. The Hall–Kier alpha value is -2.89. The van der Waals surface area contributed by atoms with Gasteiger partial charge < -0.3 is 10.8 Å². The van der Waals surface area contributed by atoms with Crippen LogP contribution >= 0.6 is 0 Å². The summed E-state index contributed by atoms with van der Waals surface area (Å²) in [7, 11) is 0. The Morgan fingerprint density at radius 2 is 2.05 bits per heavy atom. The van der Waals surface area contributed by atoms with E-state index in [2.05, 4.69) is 15.2 Å². The average molecular weight is 296 g/mol. The molecule has 22 heavy (non-hydrogen) atoms. The van der Waals surface area contributed by atoms with E-state index in [-0.39, 0.29) is 12.0 Å². The number of hydrogen-bond acceptors (Lipinski definition) is 3. The van der Waals surface area contributed by atoms with E-state index in [0.29, 0.717) is 11.3 Å². The number of aryl methyl sites for hydroxylation is 1. The SMILES string of the molecule is Cc1[nH][nH]c(=O)c1[C@@H](CC(N)=O)c1cccc2cccnc12. The fourth-order valence-electron chi connectivity index (χ4n) is 2.85. The minimum atomic E-state index is -0.460. The van der Waals surface area contributed by atoms with Crippen molar-refractivity contribution in [3.8, 4) is 0 Å². The van der Waals surface area contributed by atoms with E-state index in [1.165, 1.54) is 0 Å². The molecule has 0 radical (unpaired) electrons. The Kier molecular flexibility index (Phi) is 3.50. The van der Waals surface area contributed by atoms with Gasteiger partial charge in [-0.1, -0.05) is 24.3 Å². The number of nitrogens with zero attached hydrogens (tertiary/aromatic N) is 1. The van der Waals surface area contributed by atoms with Gasteiger partial charge in [-0.25, -0.2) is 0 Å². The third-order valence-electron chi connectivity index (χ3n) is 3.81. The van der Waals surface area contributed by atoms with Gasteiger partial charge in [0.1, 0.15) is 0 Å². The summed E-state index contributed by atoms with van der Waals surface area (Å²) in [6.45, 7) is 1.79. The lowest BCUT2D eigenvalue weighted by molar-refractivity contribution is -0.118. The van der Waals surface area contributed by atoms with E-state index >= 15 is 0 Å². The Labute approximate surface area is 126 Å². The summed E-state index contributed by atoms with van der Waals surface area (Å²) in [6, 6.07) is 9.52. The molecule has 0 aliphatic heterocycles. The van der Waals surface area contributed by atoms with Crippen LogP contribution < -0.4 is 11.3 Å². The molecule has 1 amide bonds. The molecular weight excluding hydrogens is 280 g/mol. The maximum absolute atomic E-state index is 12.1. The molecular formula is C16H16N4O2. The molecule has 2 aromatic heterocycles. The van der Waals surface area contributed by atoms with Crippen molar-refractivity contribution < 1.29 is 4.79 Å². The number of primary amides is 1. The van der Waals surface area contributed by atoms with Gasteiger partial charge in [0.25, 0.3) is 5.56 Å². The topological polar surface area (TPSA) is 105 Å². The van der Waals surface area contributed by atoms with Crippen LogP contribution in [0.15, 0.2) is 41.3 Å². The summed E-state index contributed by atoms with van der Waals surface area (Å²) in [6.07, 6.45) is 1.75. The average Bonchev–Trinajstić information content (AvgIpc) is 2.83. The smallest absolute Gasteiger partial charge is 0.267 e. The lowest BCUT2D eigenvalue weighted by Crippen LogP contribution is -2.21. The van der Waals surface area contributed by atoms with Gasteiger partial charge in [-0.3, -0.25) is 19.7 Å². The number of carbonyl (C=O) groups excluding carboxylic acids is 1. The largest absolute Gasteiger partial charge is 0.370 e. The second-order valence-corrected chi connectivity index (χ2v) is 5.26. The molecule has 3 aromatic rings. The first-order valence-corrected chi connectivity index (χ1v) is 6.97. The third kappa shape index (κ3) is 2.39. The molecule has 112 valence electrons. The molecule has 6 heteroatoms. The van der Waals surface area contributed by atoms with Crippen LogP contribution in [0.4, 0.5) is 0 Å². The van der Waals surface area contributed by atoms with Crippen molar-refractivity contribution in [2.24, 2.45) is 5.73 Å². The maximum atomic E-state index is 12.1. The molecule has 0 unspecified atom stereocenters. The Bertz CT molecular complexity index is 889. The summed E-state index contributed by atoms with van der Waals surface area (Å²) in [5.41, 5.74) is 7.98. The lowest BCUT2D eigenvalue weighted by Gasteiger charge is -2.16. The zero-order chi connectivity index (χ0) is 15.7. The summed E-state index contributed by atoms with van der Waals surface area (Å²) >= 11 is 0. The van der Waals surface area contributed by atoms with Gasteiger partial charge in [-0.05, 0) is 18.6 Å². The Balaban J connectivity index is 2.25. The fraction of sp³-hybridized carbons (Fsp3) is 0.188. The molecule has 2 heterocycles. The van der Waals surface area contributed by atoms with Crippen LogP contribution in [-0.4, -0.2) is 21.1 Å².